The first kappa shape index (κ1) is 29.1. The Kier molecular flexibility index (Phi) is 8.22. The zero-order chi connectivity index (χ0) is 30.0. The van der Waals surface area contributed by atoms with E-state index in [0.29, 0.717) is 23.3 Å². The van der Waals surface area contributed by atoms with Gasteiger partial charge < -0.3 is 4.74 Å². The quantitative estimate of drug-likeness (QED) is 0.211. The van der Waals surface area contributed by atoms with Crippen molar-refractivity contribution in [2.75, 3.05) is 6.61 Å². The van der Waals surface area contributed by atoms with Crippen molar-refractivity contribution in [3.63, 3.8) is 0 Å². The molecule has 0 fully saturated rings. The first-order valence-electron chi connectivity index (χ1n) is 13.9. The molecule has 2 aromatic carbocycles. The highest BCUT2D eigenvalue weighted by molar-refractivity contribution is 7.89. The van der Waals surface area contributed by atoms with Gasteiger partial charge in [-0.15, -0.1) is 5.10 Å². The predicted molar refractivity (Wildman–Crippen MR) is 160 cm³/mol. The van der Waals surface area contributed by atoms with Crippen molar-refractivity contribution < 1.29 is 17.9 Å². The minimum atomic E-state index is -3.65. The summed E-state index contributed by atoms with van der Waals surface area (Å²) in [7, 11) is -3.65. The van der Waals surface area contributed by atoms with E-state index in [4.69, 9.17) is 9.72 Å². The number of carbonyl (C=O) groups excluding carboxylic acids is 1. The molecular formula is C31H34N6O4S. The SMILES string of the molecule is CCOC(=O)Cn1nnnc1-c1cc(C)c(Cc2ccc3c(n2)c(C(C)C)cn3S(=O)(=O)Cc2ccccc2)c(C)c1. The van der Waals surface area contributed by atoms with Gasteiger partial charge in [-0.05, 0) is 89.2 Å². The molecule has 0 saturated heterocycles. The maximum absolute atomic E-state index is 13.5. The summed E-state index contributed by atoms with van der Waals surface area (Å²) in [6.07, 6.45) is 2.29. The van der Waals surface area contributed by atoms with Crippen LogP contribution in [0.15, 0.2) is 60.8 Å². The lowest BCUT2D eigenvalue weighted by Gasteiger charge is -2.13. The normalized spacial score (nSPS) is 11.9. The highest BCUT2D eigenvalue weighted by atomic mass is 32.2. The summed E-state index contributed by atoms with van der Waals surface area (Å²) < 4.78 is 34.8. The van der Waals surface area contributed by atoms with Gasteiger partial charge in [0.1, 0.15) is 6.54 Å². The molecule has 0 atom stereocenters. The van der Waals surface area contributed by atoms with Gasteiger partial charge in [-0.2, -0.15) is 0 Å². The highest BCUT2D eigenvalue weighted by Gasteiger charge is 2.22. The van der Waals surface area contributed by atoms with Crippen molar-refractivity contribution in [1.29, 1.82) is 0 Å². The van der Waals surface area contributed by atoms with E-state index in [1.54, 1.807) is 13.1 Å². The van der Waals surface area contributed by atoms with Crippen LogP contribution in [0.3, 0.4) is 0 Å². The lowest BCUT2D eigenvalue weighted by molar-refractivity contribution is -0.144. The van der Waals surface area contributed by atoms with E-state index >= 15 is 0 Å². The van der Waals surface area contributed by atoms with E-state index in [1.165, 1.54) is 8.65 Å². The number of fused-ring (bicyclic) bond motifs is 1. The van der Waals surface area contributed by atoms with Crippen LogP contribution in [0.1, 0.15) is 60.2 Å². The van der Waals surface area contributed by atoms with Crippen LogP contribution in [-0.2, 0) is 38.3 Å². The van der Waals surface area contributed by atoms with Crippen molar-refractivity contribution in [3.8, 4) is 11.4 Å². The summed E-state index contributed by atoms with van der Waals surface area (Å²) in [6, 6.07) is 16.9. The van der Waals surface area contributed by atoms with E-state index in [1.807, 2.05) is 82.3 Å². The third kappa shape index (κ3) is 5.96. The fourth-order valence-electron chi connectivity index (χ4n) is 5.17. The molecule has 0 saturated carbocycles. The Balaban J connectivity index is 1.47. The third-order valence-electron chi connectivity index (χ3n) is 7.24. The number of esters is 1. The molecule has 3 heterocycles. The average molecular weight is 587 g/mol. The van der Waals surface area contributed by atoms with E-state index in [9.17, 15) is 13.2 Å². The standard InChI is InChI=1S/C31H34N6O4S/c1-6-41-29(38)18-36-31(33-34-35-36)24-14-21(4)26(22(5)15-24)16-25-12-13-28-30(32-25)27(20(2)3)17-37(28)42(39,40)19-23-10-8-7-9-11-23/h7-15,17,20H,6,16,18-19H2,1-5H3. The van der Waals surface area contributed by atoms with Crippen LogP contribution < -0.4 is 0 Å². The Morgan fingerprint density at radius 1 is 1.02 bits per heavy atom. The third-order valence-corrected chi connectivity index (χ3v) is 8.84. The van der Waals surface area contributed by atoms with Crippen molar-refractivity contribution in [2.45, 2.75) is 59.3 Å². The summed E-state index contributed by atoms with van der Waals surface area (Å²) in [5.41, 5.74) is 7.72. The van der Waals surface area contributed by atoms with Gasteiger partial charge in [-0.25, -0.2) is 17.1 Å². The number of rotatable bonds is 10. The van der Waals surface area contributed by atoms with Gasteiger partial charge in [0.05, 0.1) is 23.4 Å². The molecule has 10 nitrogen and oxygen atoms in total. The maximum Gasteiger partial charge on any atom is 0.327 e. The molecule has 0 amide bonds. The zero-order valence-electron chi connectivity index (χ0n) is 24.4. The van der Waals surface area contributed by atoms with Gasteiger partial charge in [-0.1, -0.05) is 44.2 Å². The Morgan fingerprint density at radius 2 is 1.74 bits per heavy atom. The van der Waals surface area contributed by atoms with Gasteiger partial charge in [0.25, 0.3) is 0 Å². The largest absolute Gasteiger partial charge is 0.465 e. The Morgan fingerprint density at radius 3 is 2.40 bits per heavy atom. The molecule has 5 aromatic rings. The van der Waals surface area contributed by atoms with Gasteiger partial charge >= 0.3 is 5.97 Å². The molecule has 0 unspecified atom stereocenters. The minimum absolute atomic E-state index is 0.0706. The van der Waals surface area contributed by atoms with E-state index in [2.05, 4.69) is 15.5 Å². The number of pyridine rings is 1. The summed E-state index contributed by atoms with van der Waals surface area (Å²) in [5, 5.41) is 11.8. The second-order valence-electron chi connectivity index (χ2n) is 10.7. The van der Waals surface area contributed by atoms with Gasteiger partial charge in [0.2, 0.25) is 10.0 Å². The lowest BCUT2D eigenvalue weighted by atomic mass is 9.95. The lowest BCUT2D eigenvalue weighted by Crippen LogP contribution is -2.15. The molecule has 0 N–H and O–H groups in total. The minimum Gasteiger partial charge on any atom is -0.465 e. The summed E-state index contributed by atoms with van der Waals surface area (Å²) in [5.74, 6) is 0.0804. The second kappa shape index (κ2) is 11.8. The second-order valence-corrected chi connectivity index (χ2v) is 12.5. The summed E-state index contributed by atoms with van der Waals surface area (Å²) in [4.78, 5) is 17.0. The van der Waals surface area contributed by atoms with Crippen LogP contribution in [-0.4, -0.2) is 50.2 Å². The number of aromatic nitrogens is 6. The number of ether oxygens (including phenoxy) is 1. The van der Waals surface area contributed by atoms with Crippen LogP contribution in [0.5, 0.6) is 0 Å². The number of tetrazole rings is 1. The average Bonchev–Trinajstić information content (AvgIpc) is 3.56. The van der Waals surface area contributed by atoms with Crippen molar-refractivity contribution in [2.24, 2.45) is 0 Å². The first-order valence-corrected chi connectivity index (χ1v) is 15.5. The smallest absolute Gasteiger partial charge is 0.327 e. The number of hydrogen-bond acceptors (Lipinski definition) is 8. The molecule has 3 aromatic heterocycles. The first-order chi connectivity index (χ1) is 20.1. The number of carbonyl (C=O) groups is 1. The molecule has 0 radical (unpaired) electrons. The van der Waals surface area contributed by atoms with Gasteiger partial charge in [0.15, 0.2) is 5.82 Å². The number of benzene rings is 2. The van der Waals surface area contributed by atoms with Crippen LogP contribution in [0.4, 0.5) is 0 Å². The van der Waals surface area contributed by atoms with Crippen molar-refractivity contribution >= 4 is 27.0 Å². The molecule has 218 valence electrons. The molecule has 0 aliphatic carbocycles. The monoisotopic (exact) mass is 586 g/mol. The van der Waals surface area contributed by atoms with Crippen molar-refractivity contribution in [1.82, 2.24) is 29.2 Å². The number of nitrogens with zero attached hydrogens (tertiary/aromatic N) is 6. The van der Waals surface area contributed by atoms with E-state index in [0.717, 1.165) is 39.1 Å². The predicted octanol–water partition coefficient (Wildman–Crippen LogP) is 4.96. The summed E-state index contributed by atoms with van der Waals surface area (Å²) in [6.45, 7) is 10.1. The van der Waals surface area contributed by atoms with Crippen LogP contribution in [0.25, 0.3) is 22.4 Å². The molecule has 5 rings (SSSR count). The molecule has 11 heteroatoms. The number of aryl methyl sites for hydroxylation is 2. The van der Waals surface area contributed by atoms with Crippen molar-refractivity contribution in [3.05, 3.63) is 94.3 Å². The Hall–Kier alpha value is -4.38. The Bertz CT molecular complexity index is 1840. The van der Waals surface area contributed by atoms with Crippen LogP contribution in [0.2, 0.25) is 0 Å². The number of hydrogen-bond donors (Lipinski definition) is 0. The van der Waals surface area contributed by atoms with Crippen LogP contribution >= 0.6 is 0 Å². The molecule has 0 spiro atoms. The highest BCUT2D eigenvalue weighted by Crippen LogP contribution is 2.30. The van der Waals surface area contributed by atoms with Crippen LogP contribution in [0, 0.1) is 13.8 Å². The Labute approximate surface area is 245 Å². The molecule has 0 bridgehead atoms. The maximum atomic E-state index is 13.5. The van der Waals surface area contributed by atoms with E-state index < -0.39 is 16.0 Å². The fraction of sp³-hybridized carbons (Fsp3) is 0.323. The molecule has 0 aliphatic heterocycles. The fourth-order valence-corrected chi connectivity index (χ4v) is 6.65. The van der Waals surface area contributed by atoms with E-state index in [-0.39, 0.29) is 24.8 Å². The summed E-state index contributed by atoms with van der Waals surface area (Å²) >= 11 is 0. The zero-order valence-corrected chi connectivity index (χ0v) is 25.2. The molecule has 0 aliphatic rings. The molecular weight excluding hydrogens is 552 g/mol. The molecule has 42 heavy (non-hydrogen) atoms. The topological polar surface area (TPSA) is 122 Å². The van der Waals surface area contributed by atoms with Gasteiger partial charge in [-0.3, -0.25) is 9.78 Å². The van der Waals surface area contributed by atoms with Gasteiger partial charge in [0, 0.05) is 23.9 Å².